The van der Waals surface area contributed by atoms with E-state index in [0.29, 0.717) is 24.5 Å². The van der Waals surface area contributed by atoms with Crippen molar-refractivity contribution < 1.29 is 9.66 Å². The van der Waals surface area contributed by atoms with Crippen LogP contribution < -0.4 is 10.6 Å². The fourth-order valence-corrected chi connectivity index (χ4v) is 3.08. The smallest absolute Gasteiger partial charge is 0.269 e. The Morgan fingerprint density at radius 3 is 2.69 bits per heavy atom. The second-order valence-electron chi connectivity index (χ2n) is 6.69. The van der Waals surface area contributed by atoms with Gasteiger partial charge in [0.05, 0.1) is 18.1 Å². The number of ether oxygens (including phenoxy) is 1. The van der Waals surface area contributed by atoms with Crippen LogP contribution in [0.25, 0.3) is 0 Å². The van der Waals surface area contributed by atoms with E-state index in [0.717, 1.165) is 38.4 Å². The Morgan fingerprint density at radius 2 is 2.08 bits per heavy atom. The summed E-state index contributed by atoms with van der Waals surface area (Å²) in [5, 5.41) is 17.5. The summed E-state index contributed by atoms with van der Waals surface area (Å²) < 4.78 is 5.44. The molecule has 1 atom stereocenters. The van der Waals surface area contributed by atoms with Gasteiger partial charge in [0.25, 0.3) is 5.69 Å². The van der Waals surface area contributed by atoms with Gasteiger partial charge in [-0.25, -0.2) is 0 Å². The molecule has 0 aromatic heterocycles. The van der Waals surface area contributed by atoms with Crippen LogP contribution in [0.3, 0.4) is 0 Å². The number of morpholine rings is 1. The summed E-state index contributed by atoms with van der Waals surface area (Å²) in [6, 6.07) is 7.02. The normalized spacial score (nSPS) is 17.2. The number of aliphatic imine (C=N–C) groups is 1. The van der Waals surface area contributed by atoms with E-state index in [1.54, 1.807) is 19.2 Å². The van der Waals surface area contributed by atoms with Crippen LogP contribution in [-0.4, -0.2) is 61.7 Å². The Labute approximate surface area is 154 Å². The summed E-state index contributed by atoms with van der Waals surface area (Å²) >= 11 is 0. The number of rotatable bonds is 7. The fraction of sp³-hybridized carbons (Fsp3) is 0.611. The molecule has 2 N–H and O–H groups in total. The second-order valence-corrected chi connectivity index (χ2v) is 6.69. The standard InChI is InChI=1S/C18H29N5O3/c1-14(2)17(22-7-9-26-10-8-22)13-21-18(19-3)20-12-15-5-4-6-16(11-15)23(24)25/h4-6,11,14,17H,7-10,12-13H2,1-3H3,(H2,19,20,21). The predicted molar refractivity (Wildman–Crippen MR) is 102 cm³/mol. The van der Waals surface area contributed by atoms with Crippen LogP contribution in [0.5, 0.6) is 0 Å². The minimum absolute atomic E-state index is 0.0967. The molecule has 8 heteroatoms. The van der Waals surface area contributed by atoms with Crippen molar-refractivity contribution in [2.45, 2.75) is 26.4 Å². The summed E-state index contributed by atoms with van der Waals surface area (Å²) in [5.41, 5.74) is 0.940. The molecule has 1 aliphatic heterocycles. The highest BCUT2D eigenvalue weighted by atomic mass is 16.6. The highest BCUT2D eigenvalue weighted by Gasteiger charge is 2.23. The predicted octanol–water partition coefficient (Wildman–Crippen LogP) is 1.62. The Morgan fingerprint density at radius 1 is 1.35 bits per heavy atom. The number of nitrogens with zero attached hydrogens (tertiary/aromatic N) is 3. The van der Waals surface area contributed by atoms with Crippen LogP contribution >= 0.6 is 0 Å². The van der Waals surface area contributed by atoms with E-state index in [1.165, 1.54) is 6.07 Å². The molecule has 1 aliphatic rings. The van der Waals surface area contributed by atoms with Crippen molar-refractivity contribution >= 4 is 11.6 Å². The number of hydrogen-bond donors (Lipinski definition) is 2. The first-order chi connectivity index (χ1) is 12.5. The Hall–Kier alpha value is -2.19. The number of hydrogen-bond acceptors (Lipinski definition) is 5. The molecule has 0 amide bonds. The topological polar surface area (TPSA) is 92.0 Å². The zero-order chi connectivity index (χ0) is 18.9. The lowest BCUT2D eigenvalue weighted by Gasteiger charge is -2.37. The lowest BCUT2D eigenvalue weighted by Crippen LogP contribution is -2.52. The van der Waals surface area contributed by atoms with E-state index in [1.807, 2.05) is 6.07 Å². The van der Waals surface area contributed by atoms with Gasteiger partial charge in [0.1, 0.15) is 0 Å². The fourth-order valence-electron chi connectivity index (χ4n) is 3.08. The molecule has 0 aliphatic carbocycles. The van der Waals surface area contributed by atoms with Gasteiger partial charge in [0.2, 0.25) is 0 Å². The molecule has 1 heterocycles. The number of nitro benzene ring substituents is 1. The molecular formula is C18H29N5O3. The maximum absolute atomic E-state index is 10.9. The Balaban J connectivity index is 1.88. The monoisotopic (exact) mass is 363 g/mol. The summed E-state index contributed by atoms with van der Waals surface area (Å²) in [5.74, 6) is 1.20. The average molecular weight is 363 g/mol. The van der Waals surface area contributed by atoms with E-state index >= 15 is 0 Å². The van der Waals surface area contributed by atoms with Crippen LogP contribution in [0.4, 0.5) is 5.69 Å². The molecule has 26 heavy (non-hydrogen) atoms. The number of nitro groups is 1. The third kappa shape index (κ3) is 5.96. The Bertz CT molecular complexity index is 615. The van der Waals surface area contributed by atoms with Gasteiger partial charge in [-0.2, -0.15) is 0 Å². The molecule has 0 spiro atoms. The zero-order valence-electron chi connectivity index (χ0n) is 15.8. The van der Waals surface area contributed by atoms with Crippen molar-refractivity contribution in [3.8, 4) is 0 Å². The van der Waals surface area contributed by atoms with Crippen molar-refractivity contribution in [3.63, 3.8) is 0 Å². The first kappa shape index (κ1) is 20.1. The maximum Gasteiger partial charge on any atom is 0.269 e. The van der Waals surface area contributed by atoms with Gasteiger partial charge in [0, 0.05) is 51.4 Å². The maximum atomic E-state index is 10.9. The largest absolute Gasteiger partial charge is 0.379 e. The number of non-ortho nitro benzene ring substituents is 1. The van der Waals surface area contributed by atoms with Crippen molar-refractivity contribution in [3.05, 3.63) is 39.9 Å². The lowest BCUT2D eigenvalue weighted by molar-refractivity contribution is -0.384. The van der Waals surface area contributed by atoms with Gasteiger partial charge in [-0.3, -0.25) is 20.0 Å². The summed E-state index contributed by atoms with van der Waals surface area (Å²) in [6.45, 7) is 9.17. The van der Waals surface area contributed by atoms with Crippen LogP contribution in [0, 0.1) is 16.0 Å². The molecule has 8 nitrogen and oxygen atoms in total. The molecule has 0 bridgehead atoms. The van der Waals surface area contributed by atoms with Crippen LogP contribution in [0.2, 0.25) is 0 Å². The molecule has 1 fully saturated rings. The lowest BCUT2D eigenvalue weighted by atomic mass is 10.0. The van der Waals surface area contributed by atoms with Crippen LogP contribution in [0.15, 0.2) is 29.3 Å². The SMILES string of the molecule is CN=C(NCc1cccc([N+](=O)[O-])c1)NCC(C(C)C)N1CCOCC1. The molecule has 144 valence electrons. The molecule has 1 aromatic carbocycles. The molecular weight excluding hydrogens is 334 g/mol. The minimum atomic E-state index is -0.383. The molecule has 0 radical (unpaired) electrons. The molecule has 1 saturated heterocycles. The number of nitrogens with one attached hydrogen (secondary N) is 2. The van der Waals surface area contributed by atoms with Gasteiger partial charge in [-0.05, 0) is 11.5 Å². The van der Waals surface area contributed by atoms with Gasteiger partial charge in [0.15, 0.2) is 5.96 Å². The zero-order valence-corrected chi connectivity index (χ0v) is 15.8. The van der Waals surface area contributed by atoms with E-state index in [9.17, 15) is 10.1 Å². The van der Waals surface area contributed by atoms with E-state index in [4.69, 9.17) is 4.74 Å². The van der Waals surface area contributed by atoms with E-state index in [2.05, 4.69) is 34.4 Å². The first-order valence-corrected chi connectivity index (χ1v) is 9.01. The quantitative estimate of drug-likeness (QED) is 0.331. The summed E-state index contributed by atoms with van der Waals surface area (Å²) in [6.07, 6.45) is 0. The number of guanidine groups is 1. The first-order valence-electron chi connectivity index (χ1n) is 9.01. The molecule has 1 unspecified atom stereocenters. The van der Waals surface area contributed by atoms with E-state index in [-0.39, 0.29) is 10.6 Å². The van der Waals surface area contributed by atoms with Gasteiger partial charge in [-0.1, -0.05) is 26.0 Å². The minimum Gasteiger partial charge on any atom is -0.379 e. The van der Waals surface area contributed by atoms with Crippen LogP contribution in [-0.2, 0) is 11.3 Å². The molecule has 0 saturated carbocycles. The molecule has 1 aromatic rings. The average Bonchev–Trinajstić information content (AvgIpc) is 2.65. The highest BCUT2D eigenvalue weighted by molar-refractivity contribution is 5.79. The van der Waals surface area contributed by atoms with E-state index < -0.39 is 0 Å². The van der Waals surface area contributed by atoms with Gasteiger partial charge >= 0.3 is 0 Å². The summed E-state index contributed by atoms with van der Waals surface area (Å²) in [4.78, 5) is 17.2. The third-order valence-electron chi connectivity index (χ3n) is 4.57. The van der Waals surface area contributed by atoms with Crippen molar-refractivity contribution in [1.82, 2.24) is 15.5 Å². The number of benzene rings is 1. The van der Waals surface area contributed by atoms with Gasteiger partial charge < -0.3 is 15.4 Å². The third-order valence-corrected chi connectivity index (χ3v) is 4.57. The molecule has 2 rings (SSSR count). The summed E-state index contributed by atoms with van der Waals surface area (Å²) in [7, 11) is 1.72. The van der Waals surface area contributed by atoms with Gasteiger partial charge in [-0.15, -0.1) is 0 Å². The highest BCUT2D eigenvalue weighted by Crippen LogP contribution is 2.13. The van der Waals surface area contributed by atoms with Crippen molar-refractivity contribution in [2.75, 3.05) is 39.9 Å². The second kappa shape index (κ2) is 10.1. The van der Waals surface area contributed by atoms with Crippen molar-refractivity contribution in [1.29, 1.82) is 0 Å². The Kier molecular flexibility index (Phi) is 7.80. The van der Waals surface area contributed by atoms with Crippen molar-refractivity contribution in [2.24, 2.45) is 10.9 Å². The van der Waals surface area contributed by atoms with Crippen LogP contribution in [0.1, 0.15) is 19.4 Å².